The Morgan fingerprint density at radius 2 is 2.05 bits per heavy atom. The van der Waals surface area contributed by atoms with Crippen molar-refractivity contribution in [3.05, 3.63) is 34.5 Å². The number of rotatable bonds is 2. The molecule has 0 unspecified atom stereocenters. The molecule has 1 amide bonds. The fourth-order valence-electron chi connectivity index (χ4n) is 2.52. The third kappa shape index (κ3) is 2.74. The first kappa shape index (κ1) is 13.6. The molecule has 20 heavy (non-hydrogen) atoms. The summed E-state index contributed by atoms with van der Waals surface area (Å²) < 4.78 is 6.51. The molecule has 1 saturated heterocycles. The van der Waals surface area contributed by atoms with Crippen molar-refractivity contribution in [1.82, 2.24) is 9.80 Å². The summed E-state index contributed by atoms with van der Waals surface area (Å²) in [5.41, 5.74) is 1.79. The van der Waals surface area contributed by atoms with Crippen molar-refractivity contribution in [2.75, 3.05) is 33.2 Å². The maximum atomic E-state index is 12.4. The molecule has 5 heteroatoms. The Labute approximate surface area is 126 Å². The van der Waals surface area contributed by atoms with Crippen LogP contribution in [-0.2, 0) is 11.2 Å². The van der Waals surface area contributed by atoms with E-state index in [-0.39, 0.29) is 5.91 Å². The largest absolute Gasteiger partial charge is 0.464 e. The molecular weight excluding hydrogens is 320 g/mol. The van der Waals surface area contributed by atoms with Crippen molar-refractivity contribution in [2.24, 2.45) is 0 Å². The molecule has 2 aromatic rings. The van der Waals surface area contributed by atoms with Crippen molar-refractivity contribution < 1.29 is 9.21 Å². The average Bonchev–Trinajstić information content (AvgIpc) is 2.82. The lowest BCUT2D eigenvalue weighted by atomic mass is 10.1. The zero-order valence-corrected chi connectivity index (χ0v) is 13.0. The molecule has 3 rings (SSSR count). The van der Waals surface area contributed by atoms with Crippen LogP contribution in [-0.4, -0.2) is 48.9 Å². The van der Waals surface area contributed by atoms with Gasteiger partial charge < -0.3 is 14.2 Å². The van der Waals surface area contributed by atoms with Crippen LogP contribution in [0.4, 0.5) is 0 Å². The third-order valence-electron chi connectivity index (χ3n) is 3.81. The number of benzene rings is 1. The second-order valence-electron chi connectivity index (χ2n) is 5.26. The highest BCUT2D eigenvalue weighted by Gasteiger charge is 2.20. The normalized spacial score (nSPS) is 16.8. The van der Waals surface area contributed by atoms with Crippen LogP contribution in [0, 0.1) is 0 Å². The fraction of sp³-hybridized carbons (Fsp3) is 0.400. The maximum absolute atomic E-state index is 12.4. The van der Waals surface area contributed by atoms with Gasteiger partial charge in [0.2, 0.25) is 5.91 Å². The van der Waals surface area contributed by atoms with Gasteiger partial charge >= 0.3 is 0 Å². The summed E-state index contributed by atoms with van der Waals surface area (Å²) in [6.45, 7) is 3.52. The van der Waals surface area contributed by atoms with E-state index < -0.39 is 0 Å². The molecule has 0 aliphatic carbocycles. The Hall–Kier alpha value is -1.33. The Morgan fingerprint density at radius 1 is 1.30 bits per heavy atom. The Kier molecular flexibility index (Phi) is 3.81. The standard InChI is InChI=1S/C15H17BrN2O2/c1-17-4-6-18(7-5-17)15(19)8-11-10-20-14-3-2-12(16)9-13(11)14/h2-3,9-10H,4-8H2,1H3. The third-order valence-corrected chi connectivity index (χ3v) is 4.31. The Balaban J connectivity index is 1.76. The first-order valence-corrected chi connectivity index (χ1v) is 7.55. The molecule has 1 aromatic heterocycles. The summed E-state index contributed by atoms with van der Waals surface area (Å²) in [6.07, 6.45) is 2.11. The molecule has 1 fully saturated rings. The number of halogens is 1. The van der Waals surface area contributed by atoms with Gasteiger partial charge in [0.15, 0.2) is 0 Å². The SMILES string of the molecule is CN1CCN(C(=O)Cc2coc3ccc(Br)cc23)CC1. The van der Waals surface area contributed by atoms with Gasteiger partial charge in [0, 0.05) is 41.6 Å². The highest BCUT2D eigenvalue weighted by atomic mass is 79.9. The van der Waals surface area contributed by atoms with Crippen LogP contribution in [0.1, 0.15) is 5.56 Å². The Morgan fingerprint density at radius 3 is 2.80 bits per heavy atom. The van der Waals surface area contributed by atoms with Crippen LogP contribution in [0.2, 0.25) is 0 Å². The topological polar surface area (TPSA) is 36.7 Å². The summed E-state index contributed by atoms with van der Waals surface area (Å²) in [7, 11) is 2.09. The second kappa shape index (κ2) is 5.58. The first-order chi connectivity index (χ1) is 9.63. The molecule has 0 bridgehead atoms. The predicted octanol–water partition coefficient (Wildman–Crippen LogP) is 2.51. The molecule has 0 N–H and O–H groups in total. The van der Waals surface area contributed by atoms with Gasteiger partial charge in [-0.15, -0.1) is 0 Å². The molecule has 0 atom stereocenters. The first-order valence-electron chi connectivity index (χ1n) is 6.75. The molecule has 0 saturated carbocycles. The lowest BCUT2D eigenvalue weighted by Gasteiger charge is -2.32. The smallest absolute Gasteiger partial charge is 0.227 e. The van der Waals surface area contributed by atoms with Crippen LogP contribution in [0.25, 0.3) is 11.0 Å². The van der Waals surface area contributed by atoms with Crippen molar-refractivity contribution in [1.29, 1.82) is 0 Å². The minimum absolute atomic E-state index is 0.181. The predicted molar refractivity (Wildman–Crippen MR) is 81.7 cm³/mol. The van der Waals surface area contributed by atoms with E-state index in [0.29, 0.717) is 6.42 Å². The lowest BCUT2D eigenvalue weighted by Crippen LogP contribution is -2.47. The van der Waals surface area contributed by atoms with Crippen molar-refractivity contribution >= 4 is 32.8 Å². The van der Waals surface area contributed by atoms with E-state index in [0.717, 1.165) is 47.2 Å². The maximum Gasteiger partial charge on any atom is 0.227 e. The van der Waals surface area contributed by atoms with Crippen molar-refractivity contribution in [3.8, 4) is 0 Å². The zero-order chi connectivity index (χ0) is 14.1. The number of hydrogen-bond acceptors (Lipinski definition) is 3. The van der Waals surface area contributed by atoms with Gasteiger partial charge in [0.05, 0.1) is 12.7 Å². The average molecular weight is 337 g/mol. The minimum Gasteiger partial charge on any atom is -0.464 e. The summed E-state index contributed by atoms with van der Waals surface area (Å²) in [5, 5.41) is 1.02. The number of carbonyl (C=O) groups is 1. The molecule has 4 nitrogen and oxygen atoms in total. The summed E-state index contributed by atoms with van der Waals surface area (Å²) in [5.74, 6) is 0.181. The van der Waals surface area contributed by atoms with Crippen molar-refractivity contribution in [2.45, 2.75) is 6.42 Å². The quantitative estimate of drug-likeness (QED) is 0.845. The lowest BCUT2D eigenvalue weighted by molar-refractivity contribution is -0.132. The summed E-state index contributed by atoms with van der Waals surface area (Å²) in [6, 6.07) is 5.87. The second-order valence-corrected chi connectivity index (χ2v) is 6.18. The van der Waals surface area contributed by atoms with Crippen LogP contribution < -0.4 is 0 Å². The number of furan rings is 1. The number of amides is 1. The van der Waals surface area contributed by atoms with Crippen molar-refractivity contribution in [3.63, 3.8) is 0 Å². The molecule has 1 aliphatic rings. The van der Waals surface area contributed by atoms with E-state index in [1.54, 1.807) is 6.26 Å². The minimum atomic E-state index is 0.181. The van der Waals surface area contributed by atoms with Gasteiger partial charge in [-0.25, -0.2) is 0 Å². The van der Waals surface area contributed by atoms with E-state index in [2.05, 4.69) is 27.9 Å². The van der Waals surface area contributed by atoms with Gasteiger partial charge in [-0.3, -0.25) is 4.79 Å². The van der Waals surface area contributed by atoms with Gasteiger partial charge in [0.1, 0.15) is 5.58 Å². The van der Waals surface area contributed by atoms with Gasteiger partial charge in [-0.1, -0.05) is 15.9 Å². The van der Waals surface area contributed by atoms with E-state index in [1.165, 1.54) is 0 Å². The van der Waals surface area contributed by atoms with Gasteiger partial charge in [0.25, 0.3) is 0 Å². The highest BCUT2D eigenvalue weighted by Crippen LogP contribution is 2.25. The summed E-state index contributed by atoms with van der Waals surface area (Å²) >= 11 is 3.46. The molecule has 0 spiro atoms. The van der Waals surface area contributed by atoms with E-state index >= 15 is 0 Å². The summed E-state index contributed by atoms with van der Waals surface area (Å²) in [4.78, 5) is 16.5. The van der Waals surface area contributed by atoms with Gasteiger partial charge in [-0.05, 0) is 25.2 Å². The van der Waals surface area contributed by atoms with E-state index in [1.807, 2.05) is 23.1 Å². The number of piperazine rings is 1. The van der Waals surface area contributed by atoms with Gasteiger partial charge in [-0.2, -0.15) is 0 Å². The van der Waals surface area contributed by atoms with Crippen LogP contribution in [0.15, 0.2) is 33.4 Å². The van der Waals surface area contributed by atoms with Crippen LogP contribution in [0.3, 0.4) is 0 Å². The van der Waals surface area contributed by atoms with Crippen LogP contribution >= 0.6 is 15.9 Å². The number of fused-ring (bicyclic) bond motifs is 1. The molecular formula is C15H17BrN2O2. The monoisotopic (exact) mass is 336 g/mol. The molecule has 1 aliphatic heterocycles. The molecule has 106 valence electrons. The number of carbonyl (C=O) groups excluding carboxylic acids is 1. The molecule has 0 radical (unpaired) electrons. The number of likely N-dealkylation sites (N-methyl/N-ethyl adjacent to an activating group) is 1. The Bertz CT molecular complexity index is 630. The zero-order valence-electron chi connectivity index (χ0n) is 11.4. The fourth-order valence-corrected chi connectivity index (χ4v) is 2.88. The van der Waals surface area contributed by atoms with E-state index in [4.69, 9.17) is 4.42 Å². The highest BCUT2D eigenvalue weighted by molar-refractivity contribution is 9.10. The number of hydrogen-bond donors (Lipinski definition) is 0. The van der Waals surface area contributed by atoms with E-state index in [9.17, 15) is 4.79 Å². The molecule has 1 aromatic carbocycles. The molecule has 2 heterocycles. The number of nitrogens with zero attached hydrogens (tertiary/aromatic N) is 2. The van der Waals surface area contributed by atoms with Crippen LogP contribution in [0.5, 0.6) is 0 Å².